The quantitative estimate of drug-likeness (QED) is 0.908. The van der Waals surface area contributed by atoms with Crippen LogP contribution >= 0.6 is 27.3 Å². The molecular formula is C13H19BrN4S. The van der Waals surface area contributed by atoms with Crippen molar-refractivity contribution >= 4 is 33.1 Å². The summed E-state index contributed by atoms with van der Waals surface area (Å²) in [5, 5.41) is 6.68. The number of nitrogens with two attached hydrogens (primary N) is 1. The van der Waals surface area contributed by atoms with Crippen molar-refractivity contribution in [3.63, 3.8) is 0 Å². The minimum absolute atomic E-state index is 0.650. The second-order valence-electron chi connectivity index (χ2n) is 4.66. The fourth-order valence-corrected chi connectivity index (χ4v) is 3.58. The first kappa shape index (κ1) is 14.6. The predicted octanol–water partition coefficient (Wildman–Crippen LogP) is 2.69. The number of aryl methyl sites for hydroxylation is 2. The molecule has 0 fully saturated rings. The van der Waals surface area contributed by atoms with Gasteiger partial charge in [-0.15, -0.1) is 11.3 Å². The van der Waals surface area contributed by atoms with Crippen LogP contribution in [0, 0.1) is 6.92 Å². The molecular weight excluding hydrogens is 324 g/mol. The van der Waals surface area contributed by atoms with Gasteiger partial charge in [0.15, 0.2) is 0 Å². The molecule has 0 atom stereocenters. The number of anilines is 1. The summed E-state index contributed by atoms with van der Waals surface area (Å²) in [5.41, 5.74) is 9.33. The van der Waals surface area contributed by atoms with Gasteiger partial charge in [-0.2, -0.15) is 5.10 Å². The Hall–Kier alpha value is -0.850. The van der Waals surface area contributed by atoms with Gasteiger partial charge in [0.25, 0.3) is 0 Å². The Morgan fingerprint density at radius 3 is 2.84 bits per heavy atom. The zero-order valence-electron chi connectivity index (χ0n) is 11.5. The van der Waals surface area contributed by atoms with Crippen molar-refractivity contribution in [2.45, 2.75) is 19.9 Å². The van der Waals surface area contributed by atoms with Gasteiger partial charge in [-0.1, -0.05) is 0 Å². The number of thiophene rings is 1. The fraction of sp³-hybridized carbons (Fsp3) is 0.462. The lowest BCUT2D eigenvalue weighted by molar-refractivity contribution is 0.726. The summed E-state index contributed by atoms with van der Waals surface area (Å²) in [6.45, 7) is 3.57. The summed E-state index contributed by atoms with van der Waals surface area (Å²) in [4.78, 5) is 2.24. The molecule has 0 radical (unpaired) electrons. The van der Waals surface area contributed by atoms with Gasteiger partial charge in [-0.25, -0.2) is 0 Å². The highest BCUT2D eigenvalue weighted by Crippen LogP contribution is 2.26. The number of hydrogen-bond donors (Lipinski definition) is 1. The maximum atomic E-state index is 5.70. The molecule has 4 nitrogen and oxygen atoms in total. The van der Waals surface area contributed by atoms with Crippen molar-refractivity contribution in [1.82, 2.24) is 9.78 Å². The van der Waals surface area contributed by atoms with Gasteiger partial charge in [-0.3, -0.25) is 4.68 Å². The first-order valence-corrected chi connectivity index (χ1v) is 7.86. The second-order valence-corrected chi connectivity index (χ2v) is 6.96. The molecule has 0 saturated carbocycles. The van der Waals surface area contributed by atoms with E-state index in [9.17, 15) is 0 Å². The molecule has 0 unspecified atom stereocenters. The summed E-state index contributed by atoms with van der Waals surface area (Å²) < 4.78 is 3.11. The molecule has 19 heavy (non-hydrogen) atoms. The molecule has 0 bridgehead atoms. The van der Waals surface area contributed by atoms with Crippen molar-refractivity contribution < 1.29 is 0 Å². The van der Waals surface area contributed by atoms with Crippen molar-refractivity contribution in [3.05, 3.63) is 32.1 Å². The lowest BCUT2D eigenvalue weighted by atomic mass is 10.1. The van der Waals surface area contributed by atoms with Gasteiger partial charge in [0.1, 0.15) is 5.82 Å². The van der Waals surface area contributed by atoms with E-state index in [2.05, 4.69) is 44.4 Å². The lowest BCUT2D eigenvalue weighted by Gasteiger charge is -2.20. The Kier molecular flexibility index (Phi) is 4.65. The smallest absolute Gasteiger partial charge is 0.130 e. The Balaban J connectivity index is 2.25. The van der Waals surface area contributed by atoms with E-state index in [-0.39, 0.29) is 0 Å². The number of nitrogens with zero attached hydrogens (tertiary/aromatic N) is 3. The molecule has 0 aromatic carbocycles. The molecule has 6 heteroatoms. The van der Waals surface area contributed by atoms with Gasteiger partial charge >= 0.3 is 0 Å². The molecule has 0 aliphatic rings. The van der Waals surface area contributed by atoms with Crippen LogP contribution in [0.4, 0.5) is 5.82 Å². The van der Waals surface area contributed by atoms with Crippen molar-refractivity contribution in [2.24, 2.45) is 12.8 Å². The van der Waals surface area contributed by atoms with Gasteiger partial charge < -0.3 is 10.6 Å². The van der Waals surface area contributed by atoms with E-state index in [1.807, 2.05) is 18.7 Å². The maximum absolute atomic E-state index is 5.70. The van der Waals surface area contributed by atoms with E-state index in [0.717, 1.165) is 24.5 Å². The highest BCUT2D eigenvalue weighted by atomic mass is 79.9. The number of aromatic nitrogens is 2. The Morgan fingerprint density at radius 2 is 2.26 bits per heavy atom. The first-order valence-electron chi connectivity index (χ1n) is 6.19. The van der Waals surface area contributed by atoms with Crippen LogP contribution in [0.2, 0.25) is 0 Å². The molecule has 2 aromatic heterocycles. The van der Waals surface area contributed by atoms with Gasteiger partial charge in [-0.05, 0) is 52.8 Å². The number of hydrogen-bond acceptors (Lipinski definition) is 4. The zero-order valence-corrected chi connectivity index (χ0v) is 13.9. The summed E-state index contributed by atoms with van der Waals surface area (Å²) >= 11 is 5.22. The largest absolute Gasteiger partial charge is 0.355 e. The van der Waals surface area contributed by atoms with Crippen molar-refractivity contribution in [2.75, 3.05) is 18.5 Å². The maximum Gasteiger partial charge on any atom is 0.130 e. The Labute approximate surface area is 126 Å². The van der Waals surface area contributed by atoms with Gasteiger partial charge in [0.2, 0.25) is 0 Å². The van der Waals surface area contributed by atoms with Crippen LogP contribution in [0.25, 0.3) is 0 Å². The number of halogens is 1. The average molecular weight is 343 g/mol. The van der Waals surface area contributed by atoms with Crippen molar-refractivity contribution in [3.8, 4) is 0 Å². The van der Waals surface area contributed by atoms with Crippen LogP contribution < -0.4 is 10.6 Å². The first-order chi connectivity index (χ1) is 9.02. The average Bonchev–Trinajstić information content (AvgIpc) is 2.84. The highest BCUT2D eigenvalue weighted by Gasteiger charge is 2.16. The molecule has 0 saturated heterocycles. The Bertz CT molecular complexity index is 561. The van der Waals surface area contributed by atoms with Crippen LogP contribution in [0.5, 0.6) is 0 Å². The molecule has 2 N–H and O–H groups in total. The van der Waals surface area contributed by atoms with Crippen LogP contribution in [-0.2, 0) is 20.0 Å². The van der Waals surface area contributed by atoms with E-state index in [1.54, 1.807) is 11.3 Å². The molecule has 2 rings (SSSR count). The molecule has 0 aliphatic heterocycles. The summed E-state index contributed by atoms with van der Waals surface area (Å²) in [7, 11) is 4.09. The van der Waals surface area contributed by atoms with Crippen LogP contribution in [0.3, 0.4) is 0 Å². The third-order valence-corrected chi connectivity index (χ3v) is 4.66. The van der Waals surface area contributed by atoms with Crippen LogP contribution in [-0.4, -0.2) is 23.4 Å². The third-order valence-electron chi connectivity index (χ3n) is 3.11. The zero-order chi connectivity index (χ0) is 14.0. The van der Waals surface area contributed by atoms with Crippen LogP contribution in [0.15, 0.2) is 15.2 Å². The minimum Gasteiger partial charge on any atom is -0.355 e. The summed E-state index contributed by atoms with van der Waals surface area (Å²) in [6, 6.07) is 2.16. The monoisotopic (exact) mass is 342 g/mol. The van der Waals surface area contributed by atoms with E-state index < -0.39 is 0 Å². The SMILES string of the molecule is Cc1nn(C)c(N(C)Cc2csc(Br)c2)c1CCN. The van der Waals surface area contributed by atoms with E-state index >= 15 is 0 Å². The normalized spacial score (nSPS) is 11.0. The number of rotatable bonds is 5. The molecule has 2 heterocycles. The third kappa shape index (κ3) is 3.19. The Morgan fingerprint density at radius 1 is 1.53 bits per heavy atom. The fourth-order valence-electron chi connectivity index (χ4n) is 2.38. The van der Waals surface area contributed by atoms with Gasteiger partial charge in [0, 0.05) is 26.2 Å². The molecule has 104 valence electrons. The lowest BCUT2D eigenvalue weighted by Crippen LogP contribution is -2.21. The summed E-state index contributed by atoms with van der Waals surface area (Å²) in [5.74, 6) is 1.16. The molecule has 0 spiro atoms. The van der Waals surface area contributed by atoms with E-state index in [0.29, 0.717) is 6.54 Å². The molecule has 2 aromatic rings. The van der Waals surface area contributed by atoms with Crippen molar-refractivity contribution in [1.29, 1.82) is 0 Å². The van der Waals surface area contributed by atoms with Crippen LogP contribution in [0.1, 0.15) is 16.8 Å². The van der Waals surface area contributed by atoms with E-state index in [1.165, 1.54) is 14.9 Å². The summed E-state index contributed by atoms with van der Waals surface area (Å²) in [6.07, 6.45) is 0.868. The topological polar surface area (TPSA) is 47.1 Å². The second kappa shape index (κ2) is 6.07. The minimum atomic E-state index is 0.650. The molecule has 0 amide bonds. The van der Waals surface area contributed by atoms with Gasteiger partial charge in [0.05, 0.1) is 9.48 Å². The predicted molar refractivity (Wildman–Crippen MR) is 84.8 cm³/mol. The standard InChI is InChI=1S/C13H19BrN4S/c1-9-11(4-5-15)13(18(3)16-9)17(2)7-10-6-12(14)19-8-10/h6,8H,4-5,7,15H2,1-3H3. The molecule has 0 aliphatic carbocycles. The van der Waals surface area contributed by atoms with E-state index in [4.69, 9.17) is 5.73 Å². The highest BCUT2D eigenvalue weighted by molar-refractivity contribution is 9.11.